The van der Waals surface area contributed by atoms with Gasteiger partial charge in [-0.15, -0.1) is 0 Å². The maximum atomic E-state index is 12.3. The second-order valence-corrected chi connectivity index (χ2v) is 6.85. The van der Waals surface area contributed by atoms with Crippen LogP contribution in [-0.4, -0.2) is 21.9 Å². The quantitative estimate of drug-likeness (QED) is 0.376. The van der Waals surface area contributed by atoms with Crippen molar-refractivity contribution in [3.8, 4) is 16.9 Å². The maximum Gasteiger partial charge on any atom is 0.274 e. The minimum absolute atomic E-state index is 0.318. The monoisotopic (exact) mass is 398 g/mol. The van der Waals surface area contributed by atoms with E-state index in [9.17, 15) is 4.79 Å². The Hall–Kier alpha value is -3.93. The second kappa shape index (κ2) is 8.61. The smallest absolute Gasteiger partial charge is 0.274 e. The highest BCUT2D eigenvalue weighted by Crippen LogP contribution is 2.23. The summed E-state index contributed by atoms with van der Waals surface area (Å²) in [6.07, 6.45) is 5.97. The fourth-order valence-electron chi connectivity index (χ4n) is 3.16. The lowest BCUT2D eigenvalue weighted by atomic mass is 10.1. The van der Waals surface area contributed by atoms with Crippen LogP contribution in [0.5, 0.6) is 0 Å². The van der Waals surface area contributed by atoms with Gasteiger partial charge in [0.2, 0.25) is 0 Å². The van der Waals surface area contributed by atoms with Gasteiger partial charge in [-0.3, -0.25) is 4.79 Å². The number of nitrogens with zero attached hydrogens (tertiary/aromatic N) is 3. The number of carbonyl (C=O) groups is 1. The third-order valence-corrected chi connectivity index (χ3v) is 4.87. The molecule has 0 aliphatic rings. The van der Waals surface area contributed by atoms with Crippen LogP contribution in [0.1, 0.15) is 34.2 Å². The Kier molecular flexibility index (Phi) is 5.57. The average molecular weight is 398 g/mol. The molecule has 0 atom stereocenters. The first-order chi connectivity index (χ1) is 14.7. The van der Waals surface area contributed by atoms with Crippen molar-refractivity contribution in [2.24, 2.45) is 5.10 Å². The average Bonchev–Trinajstić information content (AvgIpc) is 3.41. The van der Waals surface area contributed by atoms with Gasteiger partial charge < -0.3 is 4.42 Å². The largest absolute Gasteiger partial charge is 0.469 e. The molecule has 0 saturated carbocycles. The second-order valence-electron chi connectivity index (χ2n) is 6.85. The molecule has 1 N–H and O–H groups in total. The Morgan fingerprint density at radius 1 is 1.13 bits per heavy atom. The van der Waals surface area contributed by atoms with Crippen molar-refractivity contribution in [2.75, 3.05) is 0 Å². The molecule has 2 aromatic carbocycles. The number of aromatic nitrogens is 2. The van der Waals surface area contributed by atoms with E-state index in [2.05, 4.69) is 41.7 Å². The fourth-order valence-corrected chi connectivity index (χ4v) is 3.16. The van der Waals surface area contributed by atoms with E-state index in [0.29, 0.717) is 11.3 Å². The van der Waals surface area contributed by atoms with Crippen molar-refractivity contribution < 1.29 is 9.21 Å². The summed E-state index contributed by atoms with van der Waals surface area (Å²) in [4.78, 5) is 12.3. The summed E-state index contributed by atoms with van der Waals surface area (Å²) in [6.45, 7) is 3.86. The predicted molar refractivity (Wildman–Crippen MR) is 117 cm³/mol. The highest BCUT2D eigenvalue weighted by atomic mass is 16.3. The van der Waals surface area contributed by atoms with Gasteiger partial charge in [0.1, 0.15) is 11.5 Å². The molecule has 0 aliphatic heterocycles. The number of carbonyl (C=O) groups excluding carboxylic acids is 1. The number of hydrogen-bond acceptors (Lipinski definition) is 4. The molecule has 30 heavy (non-hydrogen) atoms. The molecule has 0 bridgehead atoms. The van der Waals surface area contributed by atoms with Gasteiger partial charge in [0.25, 0.3) is 5.91 Å². The first kappa shape index (κ1) is 19.4. The van der Waals surface area contributed by atoms with Crippen LogP contribution in [0.25, 0.3) is 16.9 Å². The number of hydrazone groups is 1. The number of para-hydroxylation sites is 1. The molecule has 0 unspecified atom stereocenters. The standard InChI is InChI=1S/C24H22N4O2/c1-3-18-9-11-19(12-10-18)23-20(16-28(27-23)21-7-5-4-6-8-21)15-25-26-24(29)22-13-14-30-17(22)2/h4-16H,3H2,1-2H3,(H,26,29)/b25-15-. The van der Waals surface area contributed by atoms with E-state index in [1.54, 1.807) is 19.2 Å². The molecule has 0 fully saturated rings. The number of benzene rings is 2. The Labute approximate surface area is 174 Å². The van der Waals surface area contributed by atoms with Crippen LogP contribution in [0.4, 0.5) is 0 Å². The number of aryl methyl sites for hydroxylation is 2. The van der Waals surface area contributed by atoms with Crippen molar-refractivity contribution in [1.82, 2.24) is 15.2 Å². The molecule has 2 heterocycles. The molecule has 4 rings (SSSR count). The Morgan fingerprint density at radius 3 is 2.57 bits per heavy atom. The number of furan rings is 1. The summed E-state index contributed by atoms with van der Waals surface area (Å²) in [5.41, 5.74) is 7.80. The minimum Gasteiger partial charge on any atom is -0.469 e. The summed E-state index contributed by atoms with van der Waals surface area (Å²) in [6, 6.07) is 19.8. The van der Waals surface area contributed by atoms with E-state index in [1.165, 1.54) is 11.8 Å². The predicted octanol–water partition coefficient (Wildman–Crippen LogP) is 4.77. The Bertz CT molecular complexity index is 1170. The highest BCUT2D eigenvalue weighted by molar-refractivity contribution is 5.96. The van der Waals surface area contributed by atoms with Gasteiger partial charge in [-0.2, -0.15) is 10.2 Å². The van der Waals surface area contributed by atoms with Crippen LogP contribution in [0, 0.1) is 6.92 Å². The van der Waals surface area contributed by atoms with Gasteiger partial charge in [-0.1, -0.05) is 49.4 Å². The molecule has 4 aromatic rings. The molecule has 0 saturated heterocycles. The van der Waals surface area contributed by atoms with Gasteiger partial charge in [0.05, 0.1) is 23.7 Å². The Morgan fingerprint density at radius 2 is 1.90 bits per heavy atom. The van der Waals surface area contributed by atoms with Gasteiger partial charge in [0.15, 0.2) is 0 Å². The Balaban J connectivity index is 1.65. The van der Waals surface area contributed by atoms with Gasteiger partial charge >= 0.3 is 0 Å². The van der Waals surface area contributed by atoms with Crippen molar-refractivity contribution >= 4 is 12.1 Å². The molecule has 0 spiro atoms. The normalized spacial score (nSPS) is 11.1. The minimum atomic E-state index is -0.318. The van der Waals surface area contributed by atoms with E-state index < -0.39 is 0 Å². The van der Waals surface area contributed by atoms with Crippen LogP contribution < -0.4 is 5.43 Å². The van der Waals surface area contributed by atoms with E-state index in [1.807, 2.05) is 41.2 Å². The van der Waals surface area contributed by atoms with E-state index >= 15 is 0 Å². The number of amides is 1. The van der Waals surface area contributed by atoms with Gasteiger partial charge in [-0.25, -0.2) is 10.1 Å². The van der Waals surface area contributed by atoms with Crippen molar-refractivity contribution in [3.05, 3.63) is 95.6 Å². The highest BCUT2D eigenvalue weighted by Gasteiger charge is 2.13. The maximum absolute atomic E-state index is 12.3. The lowest BCUT2D eigenvalue weighted by Crippen LogP contribution is -2.17. The first-order valence-corrected chi connectivity index (χ1v) is 9.77. The molecule has 0 aliphatic carbocycles. The third kappa shape index (κ3) is 4.07. The van der Waals surface area contributed by atoms with E-state index in [4.69, 9.17) is 9.52 Å². The zero-order valence-corrected chi connectivity index (χ0v) is 16.9. The number of nitrogens with one attached hydrogen (secondary N) is 1. The first-order valence-electron chi connectivity index (χ1n) is 9.77. The van der Waals surface area contributed by atoms with Crippen molar-refractivity contribution in [2.45, 2.75) is 20.3 Å². The van der Waals surface area contributed by atoms with Crippen LogP contribution >= 0.6 is 0 Å². The summed E-state index contributed by atoms with van der Waals surface area (Å²) in [5, 5.41) is 8.91. The zero-order valence-electron chi connectivity index (χ0n) is 16.9. The van der Waals surface area contributed by atoms with Crippen molar-refractivity contribution in [1.29, 1.82) is 0 Å². The summed E-state index contributed by atoms with van der Waals surface area (Å²) in [5.74, 6) is 0.234. The van der Waals surface area contributed by atoms with Gasteiger partial charge in [-0.05, 0) is 37.1 Å². The third-order valence-electron chi connectivity index (χ3n) is 4.87. The fraction of sp³-hybridized carbons (Fsp3) is 0.125. The van der Waals surface area contributed by atoms with Crippen LogP contribution in [0.15, 0.2) is 82.6 Å². The molecule has 1 amide bonds. The van der Waals surface area contributed by atoms with Crippen LogP contribution in [0.2, 0.25) is 0 Å². The SMILES string of the molecule is CCc1ccc(-c2nn(-c3ccccc3)cc2/C=N\NC(=O)c2ccoc2C)cc1. The number of hydrogen-bond donors (Lipinski definition) is 1. The van der Waals surface area contributed by atoms with Crippen LogP contribution in [0.3, 0.4) is 0 Å². The lowest BCUT2D eigenvalue weighted by Gasteiger charge is -2.02. The molecular formula is C24H22N4O2. The molecular weight excluding hydrogens is 376 g/mol. The molecule has 0 radical (unpaired) electrons. The lowest BCUT2D eigenvalue weighted by molar-refractivity contribution is 0.0953. The van der Waals surface area contributed by atoms with Crippen molar-refractivity contribution in [3.63, 3.8) is 0 Å². The van der Waals surface area contributed by atoms with E-state index in [-0.39, 0.29) is 5.91 Å². The molecule has 150 valence electrons. The summed E-state index contributed by atoms with van der Waals surface area (Å²) >= 11 is 0. The molecule has 2 aromatic heterocycles. The van der Waals surface area contributed by atoms with Gasteiger partial charge in [0, 0.05) is 17.3 Å². The number of rotatable bonds is 6. The topological polar surface area (TPSA) is 72.4 Å². The summed E-state index contributed by atoms with van der Waals surface area (Å²) < 4.78 is 6.98. The van der Waals surface area contributed by atoms with Crippen LogP contribution in [-0.2, 0) is 6.42 Å². The summed E-state index contributed by atoms with van der Waals surface area (Å²) in [7, 11) is 0. The zero-order chi connectivity index (χ0) is 20.9. The van der Waals surface area contributed by atoms with E-state index in [0.717, 1.165) is 28.9 Å². The molecule has 6 nitrogen and oxygen atoms in total. The molecule has 6 heteroatoms.